The van der Waals surface area contributed by atoms with Crippen LogP contribution >= 0.6 is 11.6 Å². The van der Waals surface area contributed by atoms with E-state index in [2.05, 4.69) is 5.32 Å². The van der Waals surface area contributed by atoms with Crippen molar-refractivity contribution in [2.45, 2.75) is 44.2 Å². The smallest absolute Gasteiger partial charge is 0.273 e. The second-order valence-electron chi connectivity index (χ2n) is 11.2. The van der Waals surface area contributed by atoms with Gasteiger partial charge >= 0.3 is 0 Å². The largest absolute Gasteiger partial charge is 0.495 e. The lowest BCUT2D eigenvalue weighted by Crippen LogP contribution is -2.53. The number of nitrogens with zero attached hydrogens (tertiary/aromatic N) is 3. The minimum Gasteiger partial charge on any atom is -0.495 e. The van der Waals surface area contributed by atoms with Crippen molar-refractivity contribution in [2.24, 2.45) is 0 Å². The third-order valence-electron chi connectivity index (χ3n) is 7.74. The van der Waals surface area contributed by atoms with E-state index in [0.717, 1.165) is 15.9 Å². The molecule has 11 nitrogen and oxygen atoms in total. The number of anilines is 1. The minimum absolute atomic E-state index is 0.0500. The highest BCUT2D eigenvalue weighted by Crippen LogP contribution is 2.36. The van der Waals surface area contributed by atoms with E-state index in [-0.39, 0.29) is 35.0 Å². The fourth-order valence-electron chi connectivity index (χ4n) is 5.15. The molecule has 0 aromatic heterocycles. The molecule has 0 heterocycles. The van der Waals surface area contributed by atoms with Gasteiger partial charge in [0.1, 0.15) is 24.2 Å². The number of amides is 2. The highest BCUT2D eigenvalue weighted by molar-refractivity contribution is 7.92. The third kappa shape index (κ3) is 9.12. The van der Waals surface area contributed by atoms with Gasteiger partial charge in [0.2, 0.25) is 11.8 Å². The number of aryl methyl sites for hydroxylation is 1. The van der Waals surface area contributed by atoms with Crippen LogP contribution in [0, 0.1) is 22.9 Å². The van der Waals surface area contributed by atoms with Crippen LogP contribution in [0.1, 0.15) is 30.0 Å². The molecular formula is C35H36ClFN4O7S. The van der Waals surface area contributed by atoms with Gasteiger partial charge in [-0.25, -0.2) is 12.8 Å². The number of carbonyl (C=O) groups is 2. The third-order valence-corrected chi connectivity index (χ3v) is 9.73. The molecule has 14 heteroatoms. The standard InChI is InChI=1S/C35H36ClFN4O7S/c1-4-18-38-35(43)32(19-25-8-6-5-7-9-25)39(22-26-11-14-28(37)15-12-26)34(42)23-40(31-20-27(36)13-17-33(31)48-3)49(46,47)29-16-10-24(2)30(21-29)41(44)45/h5-17,20-21,32H,4,18-19,22-23H2,1-3H3,(H,38,43)/t32-/m1/s1. The molecule has 49 heavy (non-hydrogen) atoms. The van der Waals surface area contributed by atoms with E-state index in [1.165, 1.54) is 73.5 Å². The Morgan fingerprint density at radius 3 is 2.33 bits per heavy atom. The maximum atomic E-state index is 14.6. The number of hydrogen-bond donors (Lipinski definition) is 1. The molecule has 0 saturated heterocycles. The summed E-state index contributed by atoms with van der Waals surface area (Å²) in [5.41, 5.74) is 0.922. The Labute approximate surface area is 289 Å². The Balaban J connectivity index is 1.88. The molecule has 0 aliphatic heterocycles. The Morgan fingerprint density at radius 1 is 1.00 bits per heavy atom. The van der Waals surface area contributed by atoms with Crippen molar-refractivity contribution in [3.05, 3.63) is 129 Å². The fraction of sp³-hybridized carbons (Fsp3) is 0.257. The topological polar surface area (TPSA) is 139 Å². The lowest BCUT2D eigenvalue weighted by Gasteiger charge is -2.34. The van der Waals surface area contributed by atoms with Gasteiger partial charge in [-0.05, 0) is 60.9 Å². The predicted octanol–water partition coefficient (Wildman–Crippen LogP) is 6.07. The number of nitro groups is 1. The molecule has 0 radical (unpaired) electrons. The minimum atomic E-state index is -4.71. The maximum Gasteiger partial charge on any atom is 0.273 e. The molecule has 4 aromatic rings. The molecule has 0 unspecified atom stereocenters. The number of benzene rings is 4. The van der Waals surface area contributed by atoms with Crippen molar-refractivity contribution >= 4 is 44.8 Å². The molecule has 2 amide bonds. The average Bonchev–Trinajstić information content (AvgIpc) is 3.08. The molecule has 1 atom stereocenters. The van der Waals surface area contributed by atoms with Crippen molar-refractivity contribution in [3.63, 3.8) is 0 Å². The van der Waals surface area contributed by atoms with Gasteiger partial charge in [-0.2, -0.15) is 0 Å². The Bertz CT molecular complexity index is 1910. The summed E-state index contributed by atoms with van der Waals surface area (Å²) in [5, 5.41) is 14.7. The van der Waals surface area contributed by atoms with Crippen LogP contribution < -0.4 is 14.4 Å². The number of nitrogens with one attached hydrogen (secondary N) is 1. The number of rotatable bonds is 15. The van der Waals surface area contributed by atoms with E-state index in [4.69, 9.17) is 16.3 Å². The molecule has 0 aliphatic rings. The summed E-state index contributed by atoms with van der Waals surface area (Å²) in [6.45, 7) is 2.65. The Morgan fingerprint density at radius 2 is 1.69 bits per heavy atom. The summed E-state index contributed by atoms with van der Waals surface area (Å²) < 4.78 is 48.9. The molecule has 0 saturated carbocycles. The number of hydrogen-bond acceptors (Lipinski definition) is 7. The molecule has 0 spiro atoms. The van der Waals surface area contributed by atoms with Gasteiger partial charge in [-0.15, -0.1) is 0 Å². The van der Waals surface area contributed by atoms with Gasteiger partial charge in [0, 0.05) is 36.2 Å². The fourth-order valence-corrected chi connectivity index (χ4v) is 6.75. The number of sulfonamides is 1. The highest BCUT2D eigenvalue weighted by atomic mass is 35.5. The lowest BCUT2D eigenvalue weighted by atomic mass is 10.0. The van der Waals surface area contributed by atoms with Crippen LogP contribution in [0.5, 0.6) is 5.75 Å². The van der Waals surface area contributed by atoms with Gasteiger partial charge in [0.25, 0.3) is 15.7 Å². The molecule has 1 N–H and O–H groups in total. The Hall–Kier alpha value is -5.01. The second-order valence-corrected chi connectivity index (χ2v) is 13.5. The van der Waals surface area contributed by atoms with Gasteiger partial charge < -0.3 is 15.0 Å². The summed E-state index contributed by atoms with van der Waals surface area (Å²) in [6, 6.07) is 20.9. The summed E-state index contributed by atoms with van der Waals surface area (Å²) in [4.78, 5) is 40.2. The number of nitro benzene ring substituents is 1. The van der Waals surface area contributed by atoms with Crippen LogP contribution in [0.3, 0.4) is 0 Å². The van der Waals surface area contributed by atoms with E-state index < -0.39 is 55.7 Å². The first-order valence-corrected chi connectivity index (χ1v) is 17.1. The van der Waals surface area contributed by atoms with Crippen molar-refractivity contribution in [1.82, 2.24) is 10.2 Å². The Kier molecular flexibility index (Phi) is 12.3. The van der Waals surface area contributed by atoms with Crippen LogP contribution in [-0.2, 0) is 32.6 Å². The van der Waals surface area contributed by atoms with Crippen molar-refractivity contribution in [1.29, 1.82) is 0 Å². The monoisotopic (exact) mass is 710 g/mol. The van der Waals surface area contributed by atoms with Gasteiger partial charge in [-0.1, -0.05) is 67.1 Å². The zero-order valence-corrected chi connectivity index (χ0v) is 28.7. The van der Waals surface area contributed by atoms with E-state index in [1.807, 2.05) is 13.0 Å². The zero-order chi connectivity index (χ0) is 35.7. The van der Waals surface area contributed by atoms with Crippen LogP contribution in [0.25, 0.3) is 0 Å². The quantitative estimate of drug-likeness (QED) is 0.117. The first-order chi connectivity index (χ1) is 23.3. The second kappa shape index (κ2) is 16.4. The molecule has 4 rings (SSSR count). The van der Waals surface area contributed by atoms with E-state index >= 15 is 0 Å². The van der Waals surface area contributed by atoms with Gasteiger partial charge in [0.15, 0.2) is 0 Å². The summed E-state index contributed by atoms with van der Waals surface area (Å²) in [6.07, 6.45) is 0.708. The zero-order valence-electron chi connectivity index (χ0n) is 27.1. The van der Waals surface area contributed by atoms with E-state index in [9.17, 15) is 32.5 Å². The number of methoxy groups -OCH3 is 1. The van der Waals surface area contributed by atoms with Crippen molar-refractivity contribution < 1.29 is 32.1 Å². The first-order valence-electron chi connectivity index (χ1n) is 15.3. The molecule has 4 aromatic carbocycles. The summed E-state index contributed by atoms with van der Waals surface area (Å²) in [7, 11) is -3.40. The molecule has 0 aliphatic carbocycles. The SMILES string of the molecule is CCCNC(=O)[C@@H](Cc1ccccc1)N(Cc1ccc(F)cc1)C(=O)CN(c1cc(Cl)ccc1OC)S(=O)(=O)c1ccc(C)c([N+](=O)[O-])c1. The van der Waals surface area contributed by atoms with Gasteiger partial charge in [-0.3, -0.25) is 24.0 Å². The molecular weight excluding hydrogens is 675 g/mol. The van der Waals surface area contributed by atoms with Crippen LogP contribution in [0.2, 0.25) is 5.02 Å². The summed E-state index contributed by atoms with van der Waals surface area (Å²) in [5.74, 6) is -1.70. The number of ether oxygens (including phenoxy) is 1. The van der Waals surface area contributed by atoms with E-state index in [0.29, 0.717) is 18.5 Å². The number of carbonyl (C=O) groups excluding carboxylic acids is 2. The highest BCUT2D eigenvalue weighted by Gasteiger charge is 2.36. The van der Waals surface area contributed by atoms with Crippen LogP contribution in [-0.4, -0.2) is 56.3 Å². The molecule has 258 valence electrons. The number of halogens is 2. The van der Waals surface area contributed by atoms with E-state index in [1.54, 1.807) is 24.3 Å². The summed E-state index contributed by atoms with van der Waals surface area (Å²) >= 11 is 6.31. The lowest BCUT2D eigenvalue weighted by molar-refractivity contribution is -0.385. The first kappa shape index (κ1) is 36.8. The maximum absolute atomic E-state index is 14.6. The average molecular weight is 711 g/mol. The van der Waals surface area contributed by atoms with Crippen molar-refractivity contribution in [2.75, 3.05) is 24.5 Å². The predicted molar refractivity (Wildman–Crippen MR) is 185 cm³/mol. The van der Waals surface area contributed by atoms with Crippen LogP contribution in [0.4, 0.5) is 15.8 Å². The molecule has 0 bridgehead atoms. The van der Waals surface area contributed by atoms with Crippen LogP contribution in [0.15, 0.2) is 95.9 Å². The van der Waals surface area contributed by atoms with Crippen molar-refractivity contribution in [3.8, 4) is 5.75 Å². The normalized spacial score (nSPS) is 11.8. The van der Waals surface area contributed by atoms with Gasteiger partial charge in [0.05, 0.1) is 22.6 Å². The molecule has 0 fully saturated rings.